The van der Waals surface area contributed by atoms with Gasteiger partial charge in [0.1, 0.15) is 11.6 Å². The Kier molecular flexibility index (Phi) is 6.62. The Morgan fingerprint density at radius 2 is 1.71 bits per heavy atom. The molecule has 2 aromatic rings. The number of nitrogens with zero attached hydrogens (tertiary/aromatic N) is 3. The lowest BCUT2D eigenvalue weighted by Crippen LogP contribution is -2.50. The molecule has 1 saturated heterocycles. The maximum Gasteiger partial charge on any atom is 0.266 e. The maximum atomic E-state index is 12.8. The number of aromatic amines is 1. The van der Waals surface area contributed by atoms with E-state index in [2.05, 4.69) is 4.98 Å². The summed E-state index contributed by atoms with van der Waals surface area (Å²) in [6, 6.07) is 8.66. The van der Waals surface area contributed by atoms with Crippen LogP contribution in [0, 0.1) is 32.1 Å². The van der Waals surface area contributed by atoms with Crippen LogP contribution in [-0.2, 0) is 21.2 Å². The number of nitrogens with one attached hydrogen (secondary N) is 1. The molecule has 1 aromatic carbocycles. The van der Waals surface area contributed by atoms with Crippen LogP contribution in [0.1, 0.15) is 34.4 Å². The summed E-state index contributed by atoms with van der Waals surface area (Å²) in [5, 5.41) is 9.18. The van der Waals surface area contributed by atoms with E-state index in [0.29, 0.717) is 30.8 Å². The van der Waals surface area contributed by atoms with Crippen LogP contribution in [0.5, 0.6) is 0 Å². The van der Waals surface area contributed by atoms with E-state index in [0.717, 1.165) is 11.1 Å². The van der Waals surface area contributed by atoms with Crippen molar-refractivity contribution >= 4 is 15.9 Å². The number of H-pyrrole nitrogens is 1. The van der Waals surface area contributed by atoms with Gasteiger partial charge in [0.2, 0.25) is 15.9 Å². The number of piperazine rings is 1. The number of aryl methyl sites for hydroxylation is 2. The zero-order chi connectivity index (χ0) is 22.8. The molecule has 31 heavy (non-hydrogen) atoms. The molecule has 9 heteroatoms. The molecule has 8 nitrogen and oxygen atoms in total. The van der Waals surface area contributed by atoms with Crippen molar-refractivity contribution in [3.05, 3.63) is 62.6 Å². The first-order chi connectivity index (χ1) is 14.6. The molecule has 0 atom stereocenters. The van der Waals surface area contributed by atoms with E-state index in [9.17, 15) is 23.3 Å². The fourth-order valence-electron chi connectivity index (χ4n) is 3.85. The van der Waals surface area contributed by atoms with Gasteiger partial charge in [-0.1, -0.05) is 17.7 Å². The molecule has 3 rings (SSSR count). The highest BCUT2D eigenvalue weighted by molar-refractivity contribution is 7.89. The molecule has 0 bridgehead atoms. The molecular weight excluding hydrogens is 416 g/mol. The largest absolute Gasteiger partial charge is 0.340 e. The van der Waals surface area contributed by atoms with Gasteiger partial charge < -0.3 is 9.88 Å². The highest BCUT2D eigenvalue weighted by Gasteiger charge is 2.30. The summed E-state index contributed by atoms with van der Waals surface area (Å²) in [6.45, 7) is 6.53. The number of hydrogen-bond donors (Lipinski definition) is 1. The second-order valence-electron chi connectivity index (χ2n) is 7.77. The molecule has 2 heterocycles. The minimum atomic E-state index is -3.58. The van der Waals surface area contributed by atoms with Gasteiger partial charge in [0.05, 0.1) is 4.90 Å². The van der Waals surface area contributed by atoms with Gasteiger partial charge in [0.25, 0.3) is 5.56 Å². The Morgan fingerprint density at radius 3 is 2.29 bits per heavy atom. The normalized spacial score (nSPS) is 15.0. The zero-order valence-corrected chi connectivity index (χ0v) is 18.8. The smallest absolute Gasteiger partial charge is 0.266 e. The van der Waals surface area contributed by atoms with Gasteiger partial charge in [-0.3, -0.25) is 9.59 Å². The minimum absolute atomic E-state index is 0.0722. The van der Waals surface area contributed by atoms with Gasteiger partial charge in [0.15, 0.2) is 0 Å². The van der Waals surface area contributed by atoms with Gasteiger partial charge in [-0.05, 0) is 50.5 Å². The number of carbonyl (C=O) groups is 1. The Balaban J connectivity index is 1.62. The zero-order valence-electron chi connectivity index (χ0n) is 17.9. The summed E-state index contributed by atoms with van der Waals surface area (Å²) in [4.78, 5) is 29.2. The van der Waals surface area contributed by atoms with Gasteiger partial charge in [-0.2, -0.15) is 9.57 Å². The first kappa shape index (κ1) is 22.7. The molecule has 0 unspecified atom stereocenters. The second-order valence-corrected chi connectivity index (χ2v) is 9.71. The van der Waals surface area contributed by atoms with Crippen molar-refractivity contribution in [3.8, 4) is 6.07 Å². The van der Waals surface area contributed by atoms with Crippen LogP contribution in [0.4, 0.5) is 0 Å². The molecule has 1 N–H and O–H groups in total. The van der Waals surface area contributed by atoms with Crippen LogP contribution in [0.3, 0.4) is 0 Å². The molecule has 1 aliphatic rings. The minimum Gasteiger partial charge on any atom is -0.340 e. The van der Waals surface area contributed by atoms with Crippen molar-refractivity contribution in [3.63, 3.8) is 0 Å². The molecular formula is C22H26N4O4S. The number of amides is 1. The average molecular weight is 443 g/mol. The van der Waals surface area contributed by atoms with Crippen LogP contribution < -0.4 is 5.56 Å². The van der Waals surface area contributed by atoms with Crippen molar-refractivity contribution in [2.75, 3.05) is 26.2 Å². The number of benzene rings is 1. The lowest BCUT2D eigenvalue weighted by molar-refractivity contribution is -0.132. The lowest BCUT2D eigenvalue weighted by atomic mass is 9.99. The molecule has 0 spiro atoms. The average Bonchev–Trinajstić information content (AvgIpc) is 2.74. The van der Waals surface area contributed by atoms with Crippen molar-refractivity contribution in [1.82, 2.24) is 14.2 Å². The van der Waals surface area contributed by atoms with Crippen LogP contribution in [0.15, 0.2) is 34.0 Å². The number of nitriles is 1. The van der Waals surface area contributed by atoms with Crippen LogP contribution in [-0.4, -0.2) is 54.7 Å². The first-order valence-electron chi connectivity index (χ1n) is 10.1. The fraction of sp³-hybridized carbons (Fsp3) is 0.409. The number of hydrogen-bond acceptors (Lipinski definition) is 5. The molecule has 1 amide bonds. The van der Waals surface area contributed by atoms with E-state index < -0.39 is 15.6 Å². The monoisotopic (exact) mass is 442 g/mol. The van der Waals surface area contributed by atoms with Crippen LogP contribution in [0.2, 0.25) is 0 Å². The Labute approximate surface area is 182 Å². The fourth-order valence-corrected chi connectivity index (χ4v) is 5.27. The van der Waals surface area contributed by atoms with Gasteiger partial charge in [-0.15, -0.1) is 0 Å². The Bertz CT molecular complexity index is 1190. The summed E-state index contributed by atoms with van der Waals surface area (Å²) >= 11 is 0. The number of pyridine rings is 1. The van der Waals surface area contributed by atoms with E-state index in [-0.39, 0.29) is 35.9 Å². The van der Waals surface area contributed by atoms with Crippen LogP contribution >= 0.6 is 0 Å². The van der Waals surface area contributed by atoms with E-state index >= 15 is 0 Å². The number of carbonyl (C=O) groups excluding carboxylic acids is 1. The molecule has 0 saturated carbocycles. The summed E-state index contributed by atoms with van der Waals surface area (Å²) < 4.78 is 27.0. The molecule has 164 valence electrons. The topological polar surface area (TPSA) is 114 Å². The highest BCUT2D eigenvalue weighted by atomic mass is 32.2. The first-order valence-corrected chi connectivity index (χ1v) is 11.6. The van der Waals surface area contributed by atoms with E-state index in [1.807, 2.05) is 13.0 Å². The number of rotatable bonds is 5. The van der Waals surface area contributed by atoms with Gasteiger partial charge in [-0.25, -0.2) is 8.42 Å². The van der Waals surface area contributed by atoms with Gasteiger partial charge in [0, 0.05) is 38.3 Å². The summed E-state index contributed by atoms with van der Waals surface area (Å²) in [5.41, 5.74) is 2.70. The molecule has 1 fully saturated rings. The molecule has 1 aromatic heterocycles. The van der Waals surface area contributed by atoms with Crippen molar-refractivity contribution in [2.45, 2.75) is 38.5 Å². The molecule has 1 aliphatic heterocycles. The van der Waals surface area contributed by atoms with Crippen molar-refractivity contribution < 1.29 is 13.2 Å². The van der Waals surface area contributed by atoms with Gasteiger partial charge >= 0.3 is 0 Å². The predicted molar refractivity (Wildman–Crippen MR) is 116 cm³/mol. The highest BCUT2D eigenvalue weighted by Crippen LogP contribution is 2.19. The Morgan fingerprint density at radius 1 is 1.10 bits per heavy atom. The quantitative estimate of drug-likeness (QED) is 0.756. The maximum absolute atomic E-state index is 12.8. The van der Waals surface area contributed by atoms with E-state index in [4.69, 9.17) is 0 Å². The third-order valence-electron chi connectivity index (χ3n) is 5.76. The molecule has 0 radical (unpaired) electrons. The summed E-state index contributed by atoms with van der Waals surface area (Å²) in [6.07, 6.45) is 0.632. The lowest BCUT2D eigenvalue weighted by Gasteiger charge is -2.34. The second kappa shape index (κ2) is 9.04. The van der Waals surface area contributed by atoms with Crippen molar-refractivity contribution in [2.24, 2.45) is 0 Å². The SMILES string of the molecule is Cc1ccc(S(=O)(=O)N2CCN(C(=O)CCc3c(C)[nH]c(=O)c(C#N)c3C)CC2)cc1. The summed E-state index contributed by atoms with van der Waals surface area (Å²) in [7, 11) is -3.58. The van der Waals surface area contributed by atoms with Crippen LogP contribution in [0.25, 0.3) is 0 Å². The number of aromatic nitrogens is 1. The summed E-state index contributed by atoms with van der Waals surface area (Å²) in [5.74, 6) is -0.0732. The molecule has 0 aliphatic carbocycles. The Hall–Kier alpha value is -2.96. The standard InChI is InChI=1S/C22H26N4O4S/c1-15-4-6-18(7-5-15)31(29,30)26-12-10-25(11-13-26)21(27)9-8-19-16(2)20(14-23)22(28)24-17(19)3/h4-7H,8-13H2,1-3H3,(H,24,28). The van der Waals surface area contributed by atoms with Crippen molar-refractivity contribution in [1.29, 1.82) is 5.26 Å². The number of sulfonamides is 1. The predicted octanol–water partition coefficient (Wildman–Crippen LogP) is 1.64. The third-order valence-corrected chi connectivity index (χ3v) is 7.67. The van der Waals surface area contributed by atoms with E-state index in [1.54, 1.807) is 43.0 Å². The third kappa shape index (κ3) is 4.70. The van der Waals surface area contributed by atoms with E-state index in [1.165, 1.54) is 4.31 Å².